The van der Waals surface area contributed by atoms with E-state index in [4.69, 9.17) is 0 Å². The highest BCUT2D eigenvalue weighted by Crippen LogP contribution is 2.35. The van der Waals surface area contributed by atoms with Crippen LogP contribution in [0, 0.1) is 0 Å². The molecule has 4 aromatic heterocycles. The molecule has 0 aliphatic carbocycles. The van der Waals surface area contributed by atoms with Crippen LogP contribution >= 0.6 is 22.7 Å². The summed E-state index contributed by atoms with van der Waals surface area (Å²) in [4.78, 5) is 11.1. The van der Waals surface area contributed by atoms with E-state index in [2.05, 4.69) is 20.2 Å². The van der Waals surface area contributed by atoms with Crippen LogP contribution in [0.2, 0.25) is 0 Å². The molecule has 0 saturated heterocycles. The van der Waals surface area contributed by atoms with Gasteiger partial charge in [-0.05, 0) is 12.1 Å². The van der Waals surface area contributed by atoms with Crippen LogP contribution in [0.4, 0.5) is 0 Å². The molecule has 0 spiro atoms. The molecule has 4 heterocycles. The Kier molecular flexibility index (Phi) is 2.48. The molecule has 0 fully saturated rings. The van der Waals surface area contributed by atoms with Crippen LogP contribution in [0.25, 0.3) is 31.1 Å². The normalized spacial score (nSPS) is 11.5. The average molecular weight is 302 g/mol. The predicted molar refractivity (Wildman–Crippen MR) is 79.7 cm³/mol. The third kappa shape index (κ3) is 1.84. The lowest BCUT2D eigenvalue weighted by Gasteiger charge is -1.88. The van der Waals surface area contributed by atoms with E-state index in [1.807, 2.05) is 38.6 Å². The summed E-state index contributed by atoms with van der Waals surface area (Å²) in [7, 11) is 3.80. The van der Waals surface area contributed by atoms with E-state index < -0.39 is 0 Å². The topological polar surface area (TPSA) is 61.4 Å². The van der Waals surface area contributed by atoms with Crippen molar-refractivity contribution in [1.82, 2.24) is 29.5 Å². The van der Waals surface area contributed by atoms with Gasteiger partial charge in [-0.3, -0.25) is 9.36 Å². The molecule has 0 atom stereocenters. The summed E-state index contributed by atoms with van der Waals surface area (Å²) in [5, 5.41) is 10.5. The van der Waals surface area contributed by atoms with Gasteiger partial charge in [-0.25, -0.2) is 9.97 Å². The molecule has 20 heavy (non-hydrogen) atoms. The highest BCUT2D eigenvalue weighted by atomic mass is 32.1. The van der Waals surface area contributed by atoms with Crippen LogP contribution in [0.1, 0.15) is 0 Å². The smallest absolute Gasteiger partial charge is 0.156 e. The van der Waals surface area contributed by atoms with Crippen molar-refractivity contribution in [3.63, 3.8) is 0 Å². The fourth-order valence-electron chi connectivity index (χ4n) is 1.92. The lowest BCUT2D eigenvalue weighted by atomic mass is 10.5. The summed E-state index contributed by atoms with van der Waals surface area (Å²) in [6, 6.07) is 3.92. The molecule has 0 amide bonds. The zero-order valence-corrected chi connectivity index (χ0v) is 12.4. The van der Waals surface area contributed by atoms with Gasteiger partial charge in [0.25, 0.3) is 0 Å². The second-order valence-corrected chi connectivity index (χ2v) is 6.35. The predicted octanol–water partition coefficient (Wildman–Crippen LogP) is 2.55. The quantitative estimate of drug-likeness (QED) is 0.571. The molecule has 0 saturated carbocycles. The molecule has 4 aromatic rings. The van der Waals surface area contributed by atoms with Crippen LogP contribution in [0.15, 0.2) is 24.5 Å². The first-order valence-corrected chi connectivity index (χ1v) is 7.60. The minimum atomic E-state index is 0.891. The highest BCUT2D eigenvalue weighted by Gasteiger charge is 2.15. The van der Waals surface area contributed by atoms with Crippen LogP contribution in [0.3, 0.4) is 0 Å². The molecule has 0 bridgehead atoms. The summed E-state index contributed by atoms with van der Waals surface area (Å²) in [6.45, 7) is 0. The van der Waals surface area contributed by atoms with Crippen LogP contribution in [-0.2, 0) is 14.1 Å². The number of aromatic nitrogens is 6. The van der Waals surface area contributed by atoms with Gasteiger partial charge in [-0.1, -0.05) is 22.7 Å². The van der Waals surface area contributed by atoms with Crippen LogP contribution in [-0.4, -0.2) is 29.5 Å². The Morgan fingerprint density at radius 3 is 1.60 bits per heavy atom. The molecule has 0 aliphatic rings. The number of aryl methyl sites for hydroxylation is 2. The minimum absolute atomic E-state index is 0.891. The lowest BCUT2D eigenvalue weighted by Crippen LogP contribution is -1.87. The van der Waals surface area contributed by atoms with E-state index >= 15 is 0 Å². The molecule has 0 aliphatic heterocycles. The summed E-state index contributed by atoms with van der Waals surface area (Å²) in [6.07, 6.45) is 3.83. The van der Waals surface area contributed by atoms with E-state index in [-0.39, 0.29) is 0 Å². The second kappa shape index (κ2) is 4.22. The Hall–Kier alpha value is -2.06. The first-order valence-electron chi connectivity index (χ1n) is 5.96. The van der Waals surface area contributed by atoms with Gasteiger partial charge in [-0.2, -0.15) is 10.2 Å². The van der Waals surface area contributed by atoms with Crippen molar-refractivity contribution >= 4 is 32.3 Å². The van der Waals surface area contributed by atoms with E-state index in [9.17, 15) is 0 Å². The summed E-state index contributed by atoms with van der Waals surface area (Å²) >= 11 is 3.13. The van der Waals surface area contributed by atoms with Crippen molar-refractivity contribution in [1.29, 1.82) is 0 Å². The lowest BCUT2D eigenvalue weighted by molar-refractivity contribution is 0.770. The van der Waals surface area contributed by atoms with Gasteiger partial charge >= 0.3 is 0 Å². The van der Waals surface area contributed by atoms with Crippen molar-refractivity contribution in [2.45, 2.75) is 0 Å². The number of fused-ring (bicyclic) bond motifs is 1. The Labute approximate surface area is 122 Å². The van der Waals surface area contributed by atoms with Gasteiger partial charge in [-0.15, -0.1) is 0 Å². The van der Waals surface area contributed by atoms with Gasteiger partial charge < -0.3 is 0 Å². The minimum Gasteiger partial charge on any atom is -0.275 e. The number of hydrogen-bond acceptors (Lipinski definition) is 6. The molecule has 0 N–H and O–H groups in total. The fourth-order valence-corrected chi connectivity index (χ4v) is 3.89. The second-order valence-electron chi connectivity index (χ2n) is 4.40. The van der Waals surface area contributed by atoms with Crippen molar-refractivity contribution in [2.75, 3.05) is 0 Å². The monoisotopic (exact) mass is 302 g/mol. The van der Waals surface area contributed by atoms with Crippen molar-refractivity contribution in [3.05, 3.63) is 24.5 Å². The third-order valence-electron chi connectivity index (χ3n) is 2.84. The maximum Gasteiger partial charge on any atom is 0.156 e. The number of thiazole rings is 2. The molecule has 0 unspecified atom stereocenters. The number of rotatable bonds is 2. The van der Waals surface area contributed by atoms with Crippen molar-refractivity contribution in [2.24, 2.45) is 14.1 Å². The SMILES string of the molecule is Cn1ccc(-c2nc3sc(-c4ccn(C)n4)nc3s2)n1. The maximum absolute atomic E-state index is 4.61. The van der Waals surface area contributed by atoms with Crippen LogP contribution < -0.4 is 0 Å². The van der Waals surface area contributed by atoms with E-state index in [0.29, 0.717) is 0 Å². The molecule has 0 aromatic carbocycles. The van der Waals surface area contributed by atoms with E-state index in [1.54, 1.807) is 32.0 Å². The number of hydrogen-bond donors (Lipinski definition) is 0. The van der Waals surface area contributed by atoms with Crippen molar-refractivity contribution < 1.29 is 0 Å². The molecule has 8 heteroatoms. The van der Waals surface area contributed by atoms with E-state index in [1.165, 1.54) is 0 Å². The Morgan fingerprint density at radius 1 is 0.800 bits per heavy atom. The Balaban J connectivity index is 1.77. The van der Waals surface area contributed by atoms with Gasteiger partial charge in [0.2, 0.25) is 0 Å². The summed E-state index contributed by atoms with van der Waals surface area (Å²) in [5.41, 5.74) is 1.78. The number of nitrogens with zero attached hydrogens (tertiary/aromatic N) is 6. The first kappa shape index (κ1) is 11.7. The molecule has 100 valence electrons. The average Bonchev–Trinajstić information content (AvgIpc) is 3.09. The fraction of sp³-hybridized carbons (Fsp3) is 0.167. The summed E-state index contributed by atoms with van der Waals surface area (Å²) < 4.78 is 3.55. The first-order chi connectivity index (χ1) is 9.69. The van der Waals surface area contributed by atoms with Gasteiger partial charge in [0.1, 0.15) is 21.4 Å². The zero-order valence-electron chi connectivity index (χ0n) is 10.8. The molecule has 4 rings (SSSR count). The summed E-state index contributed by atoms with van der Waals surface area (Å²) in [5.74, 6) is 0. The van der Waals surface area contributed by atoms with Gasteiger partial charge in [0.05, 0.1) is 0 Å². The molecular formula is C12H10N6S2. The largest absolute Gasteiger partial charge is 0.275 e. The van der Waals surface area contributed by atoms with Gasteiger partial charge in [0.15, 0.2) is 9.66 Å². The van der Waals surface area contributed by atoms with Gasteiger partial charge in [0, 0.05) is 26.5 Å². The van der Waals surface area contributed by atoms with Crippen LogP contribution in [0.5, 0.6) is 0 Å². The molecule has 6 nitrogen and oxygen atoms in total. The molecule has 0 radical (unpaired) electrons. The van der Waals surface area contributed by atoms with Crippen molar-refractivity contribution in [3.8, 4) is 21.4 Å². The Morgan fingerprint density at radius 2 is 1.25 bits per heavy atom. The Bertz CT molecular complexity index is 795. The molecular weight excluding hydrogens is 292 g/mol. The zero-order chi connectivity index (χ0) is 13.7. The van der Waals surface area contributed by atoms with E-state index in [0.717, 1.165) is 31.1 Å². The standard InChI is InChI=1S/C12H10N6S2/c1-17-5-3-7(15-17)9-13-11-12(19-9)14-10(20-11)8-4-6-18(2)16-8/h3-6H,1-2H3. The third-order valence-corrected chi connectivity index (χ3v) is 4.91. The highest BCUT2D eigenvalue weighted by molar-refractivity contribution is 7.29. The maximum atomic E-state index is 4.61.